The predicted octanol–water partition coefficient (Wildman–Crippen LogP) is 3.56. The number of aryl methyl sites for hydroxylation is 1. The summed E-state index contributed by atoms with van der Waals surface area (Å²) in [5.74, 6) is 1.54. The van der Waals surface area contributed by atoms with Crippen molar-refractivity contribution in [3.05, 3.63) is 34.6 Å². The lowest BCUT2D eigenvalue weighted by Crippen LogP contribution is -2.34. The molecule has 1 N–H and O–H groups in total. The van der Waals surface area contributed by atoms with Gasteiger partial charge in [0.05, 0.1) is 0 Å². The number of likely N-dealkylation sites (tertiary alicyclic amines) is 1. The van der Waals surface area contributed by atoms with Gasteiger partial charge in [-0.2, -0.15) is 5.10 Å². The van der Waals surface area contributed by atoms with Gasteiger partial charge in [-0.1, -0.05) is 36.8 Å². The minimum atomic E-state index is 0.120. The second kappa shape index (κ2) is 7.30. The number of nitrogens with zero attached hydrogens (tertiary/aromatic N) is 3. The third kappa shape index (κ3) is 3.75. The van der Waals surface area contributed by atoms with E-state index < -0.39 is 0 Å². The summed E-state index contributed by atoms with van der Waals surface area (Å²) in [6.07, 6.45) is 3.35. The predicted molar refractivity (Wildman–Crippen MR) is 97.2 cm³/mol. The first-order valence-corrected chi connectivity index (χ1v) is 8.95. The van der Waals surface area contributed by atoms with E-state index >= 15 is 0 Å². The first-order chi connectivity index (χ1) is 11.5. The molecule has 0 aliphatic carbocycles. The zero-order valence-electron chi connectivity index (χ0n) is 14.3. The highest BCUT2D eigenvalue weighted by Crippen LogP contribution is 2.20. The van der Waals surface area contributed by atoms with Crippen LogP contribution < -0.4 is 0 Å². The number of amides is 1. The van der Waals surface area contributed by atoms with Crippen molar-refractivity contribution < 1.29 is 4.79 Å². The zero-order valence-corrected chi connectivity index (χ0v) is 15.1. The molecule has 6 heteroatoms. The van der Waals surface area contributed by atoms with Gasteiger partial charge in [0.15, 0.2) is 10.6 Å². The quantitative estimate of drug-likeness (QED) is 0.866. The average Bonchev–Trinajstić information content (AvgIpc) is 2.78. The molecule has 2 aromatic rings. The van der Waals surface area contributed by atoms with Gasteiger partial charge in [-0.05, 0) is 44.3 Å². The number of benzene rings is 1. The number of hydrogen-bond donors (Lipinski definition) is 1. The van der Waals surface area contributed by atoms with Crippen molar-refractivity contribution in [1.29, 1.82) is 0 Å². The lowest BCUT2D eigenvalue weighted by Gasteiger charge is -2.21. The second-order valence-corrected chi connectivity index (χ2v) is 7.11. The Bertz CT molecular complexity index is 762. The summed E-state index contributed by atoms with van der Waals surface area (Å²) in [6.45, 7) is 6.23. The van der Waals surface area contributed by atoms with Gasteiger partial charge in [-0.25, -0.2) is 0 Å². The number of carbonyl (C=O) groups excluding carboxylic acids is 1. The summed E-state index contributed by atoms with van der Waals surface area (Å²) < 4.78 is 2.29. The van der Waals surface area contributed by atoms with E-state index in [2.05, 4.69) is 17.1 Å². The van der Waals surface area contributed by atoms with Gasteiger partial charge < -0.3 is 4.90 Å². The maximum absolute atomic E-state index is 12.7. The first kappa shape index (κ1) is 16.9. The summed E-state index contributed by atoms with van der Waals surface area (Å²) >= 11 is 5.34. The smallest absolute Gasteiger partial charge is 0.242 e. The molecule has 0 spiro atoms. The van der Waals surface area contributed by atoms with Crippen LogP contribution in [0.15, 0.2) is 24.3 Å². The molecule has 3 rings (SSSR count). The minimum Gasteiger partial charge on any atom is -0.341 e. The monoisotopic (exact) mass is 344 g/mol. The molecule has 1 amide bonds. The summed E-state index contributed by atoms with van der Waals surface area (Å²) in [4.78, 5) is 14.7. The molecule has 1 saturated heterocycles. The van der Waals surface area contributed by atoms with Gasteiger partial charge in [-0.15, -0.1) is 0 Å². The highest BCUT2D eigenvalue weighted by atomic mass is 32.1. The lowest BCUT2D eigenvalue weighted by molar-refractivity contribution is -0.131. The number of aromatic amines is 1. The van der Waals surface area contributed by atoms with Crippen molar-refractivity contribution in [1.82, 2.24) is 19.7 Å². The molecule has 1 aromatic carbocycles. The van der Waals surface area contributed by atoms with E-state index in [1.54, 1.807) is 4.57 Å². The second-order valence-electron chi connectivity index (χ2n) is 6.72. The standard InChI is InChI=1S/C18H24N4OS/c1-13-4-3-10-21(11-9-13)16(23)12-22-17(19-20-18(22)24)15-7-5-14(2)6-8-15/h5-8,13H,3-4,9-12H2,1-2H3,(H,20,24)/t13-/m0/s1. The van der Waals surface area contributed by atoms with E-state index in [-0.39, 0.29) is 12.5 Å². The van der Waals surface area contributed by atoms with Crippen molar-refractivity contribution in [2.24, 2.45) is 5.92 Å². The molecule has 1 aliphatic rings. The van der Waals surface area contributed by atoms with E-state index in [1.807, 2.05) is 36.1 Å². The summed E-state index contributed by atoms with van der Waals surface area (Å²) in [7, 11) is 0. The number of aromatic nitrogens is 3. The van der Waals surface area contributed by atoms with Crippen LogP contribution in [0, 0.1) is 17.6 Å². The van der Waals surface area contributed by atoms with Crippen LogP contribution in [0.3, 0.4) is 0 Å². The van der Waals surface area contributed by atoms with Gasteiger partial charge in [-0.3, -0.25) is 14.5 Å². The van der Waals surface area contributed by atoms with Crippen LogP contribution in [0.1, 0.15) is 31.7 Å². The SMILES string of the molecule is Cc1ccc(-c2n[nH]c(=S)n2CC(=O)N2CCC[C@H](C)CC2)cc1. The highest BCUT2D eigenvalue weighted by molar-refractivity contribution is 7.71. The molecule has 0 radical (unpaired) electrons. The molecule has 5 nitrogen and oxygen atoms in total. The molecular weight excluding hydrogens is 320 g/mol. The Morgan fingerprint density at radius 2 is 2.04 bits per heavy atom. The molecule has 0 bridgehead atoms. The molecule has 128 valence electrons. The topological polar surface area (TPSA) is 53.9 Å². The van der Waals surface area contributed by atoms with Crippen molar-refractivity contribution in [2.45, 2.75) is 39.7 Å². The Morgan fingerprint density at radius 1 is 1.29 bits per heavy atom. The van der Waals surface area contributed by atoms with Crippen molar-refractivity contribution in [2.75, 3.05) is 13.1 Å². The molecular formula is C18H24N4OS. The van der Waals surface area contributed by atoms with E-state index in [4.69, 9.17) is 12.2 Å². The largest absolute Gasteiger partial charge is 0.341 e. The van der Waals surface area contributed by atoms with Crippen LogP contribution in [0.4, 0.5) is 0 Å². The minimum absolute atomic E-state index is 0.120. The molecule has 1 atom stereocenters. The fourth-order valence-corrected chi connectivity index (χ4v) is 3.33. The Balaban J connectivity index is 1.80. The Hall–Kier alpha value is -1.95. The third-order valence-corrected chi connectivity index (χ3v) is 5.04. The van der Waals surface area contributed by atoms with Gasteiger partial charge in [0.1, 0.15) is 6.54 Å². The van der Waals surface area contributed by atoms with Crippen LogP contribution in [0.5, 0.6) is 0 Å². The number of nitrogens with one attached hydrogen (secondary N) is 1. The summed E-state index contributed by atoms with van der Waals surface area (Å²) in [6, 6.07) is 8.09. The number of hydrogen-bond acceptors (Lipinski definition) is 3. The fourth-order valence-electron chi connectivity index (χ4n) is 3.14. The Labute approximate surface area is 147 Å². The van der Waals surface area contributed by atoms with E-state index in [1.165, 1.54) is 12.0 Å². The molecule has 0 unspecified atom stereocenters. The van der Waals surface area contributed by atoms with Crippen LogP contribution in [-0.2, 0) is 11.3 Å². The van der Waals surface area contributed by atoms with Gasteiger partial charge in [0.25, 0.3) is 0 Å². The molecule has 0 saturated carbocycles. The number of carbonyl (C=O) groups is 1. The number of H-pyrrole nitrogens is 1. The van der Waals surface area contributed by atoms with Gasteiger partial charge in [0.2, 0.25) is 5.91 Å². The maximum Gasteiger partial charge on any atom is 0.242 e. The van der Waals surface area contributed by atoms with E-state index in [0.717, 1.165) is 37.3 Å². The lowest BCUT2D eigenvalue weighted by atomic mass is 10.0. The fraction of sp³-hybridized carbons (Fsp3) is 0.500. The van der Waals surface area contributed by atoms with Crippen LogP contribution >= 0.6 is 12.2 Å². The first-order valence-electron chi connectivity index (χ1n) is 8.54. The molecule has 2 heterocycles. The van der Waals surface area contributed by atoms with Crippen molar-refractivity contribution in [3.8, 4) is 11.4 Å². The van der Waals surface area contributed by atoms with E-state index in [0.29, 0.717) is 10.7 Å². The Morgan fingerprint density at radius 3 is 2.79 bits per heavy atom. The van der Waals surface area contributed by atoms with Crippen LogP contribution in [-0.4, -0.2) is 38.7 Å². The Kier molecular flexibility index (Phi) is 5.14. The molecule has 1 fully saturated rings. The van der Waals surface area contributed by atoms with Crippen LogP contribution in [0.2, 0.25) is 0 Å². The van der Waals surface area contributed by atoms with Crippen molar-refractivity contribution >= 4 is 18.1 Å². The molecule has 1 aromatic heterocycles. The highest BCUT2D eigenvalue weighted by Gasteiger charge is 2.20. The van der Waals surface area contributed by atoms with Gasteiger partial charge in [0, 0.05) is 18.7 Å². The average molecular weight is 344 g/mol. The normalized spacial score (nSPS) is 18.4. The third-order valence-electron chi connectivity index (χ3n) is 4.73. The van der Waals surface area contributed by atoms with Crippen molar-refractivity contribution in [3.63, 3.8) is 0 Å². The van der Waals surface area contributed by atoms with Crippen LogP contribution in [0.25, 0.3) is 11.4 Å². The molecule has 24 heavy (non-hydrogen) atoms. The summed E-state index contributed by atoms with van der Waals surface area (Å²) in [5, 5.41) is 7.14. The summed E-state index contributed by atoms with van der Waals surface area (Å²) in [5.41, 5.74) is 2.15. The zero-order chi connectivity index (χ0) is 17.1. The molecule has 1 aliphatic heterocycles. The van der Waals surface area contributed by atoms with Gasteiger partial charge >= 0.3 is 0 Å². The number of rotatable bonds is 3. The maximum atomic E-state index is 12.7. The van der Waals surface area contributed by atoms with E-state index in [9.17, 15) is 4.79 Å².